The Bertz CT molecular complexity index is 1150. The first-order valence-electron chi connectivity index (χ1n) is 12.3. The summed E-state index contributed by atoms with van der Waals surface area (Å²) >= 11 is 1.42. The highest BCUT2D eigenvalue weighted by Crippen LogP contribution is 2.18. The fourth-order valence-electron chi connectivity index (χ4n) is 4.03. The van der Waals surface area contributed by atoms with Crippen molar-refractivity contribution in [3.63, 3.8) is 0 Å². The van der Waals surface area contributed by atoms with Crippen molar-refractivity contribution < 1.29 is 9.59 Å². The first-order chi connectivity index (χ1) is 17.5. The van der Waals surface area contributed by atoms with E-state index in [2.05, 4.69) is 39.5 Å². The second kappa shape index (κ2) is 12.5. The number of carbonyl (C=O) groups excluding carboxylic acids is 2. The summed E-state index contributed by atoms with van der Waals surface area (Å²) in [5.41, 5.74) is 2.40. The van der Waals surface area contributed by atoms with Gasteiger partial charge in [-0.2, -0.15) is 0 Å². The van der Waals surface area contributed by atoms with Gasteiger partial charge in [0.15, 0.2) is 0 Å². The van der Waals surface area contributed by atoms with Gasteiger partial charge < -0.3 is 15.1 Å². The molecule has 1 aliphatic rings. The number of hydrogen-bond acceptors (Lipinski definition) is 5. The number of amides is 3. The lowest BCUT2D eigenvalue weighted by atomic mass is 10.2. The smallest absolute Gasteiger partial charge is 0.322 e. The Labute approximate surface area is 217 Å². The molecule has 3 amide bonds. The second-order valence-electron chi connectivity index (χ2n) is 9.05. The zero-order valence-corrected chi connectivity index (χ0v) is 21.7. The van der Waals surface area contributed by atoms with E-state index in [9.17, 15) is 9.59 Å². The van der Waals surface area contributed by atoms with E-state index in [0.717, 1.165) is 30.3 Å². The molecule has 4 rings (SSSR count). The molecule has 1 fully saturated rings. The van der Waals surface area contributed by atoms with Crippen LogP contribution in [0.4, 0.5) is 10.5 Å². The number of urea groups is 1. The molecular formula is C28H33N5O2S. The predicted molar refractivity (Wildman–Crippen MR) is 146 cm³/mol. The van der Waals surface area contributed by atoms with Gasteiger partial charge in [-0.15, -0.1) is 11.3 Å². The molecule has 0 atom stereocenters. The van der Waals surface area contributed by atoms with Gasteiger partial charge in [-0.3, -0.25) is 9.69 Å². The molecule has 1 saturated heterocycles. The molecule has 7 nitrogen and oxygen atoms in total. The third-order valence-electron chi connectivity index (χ3n) is 6.12. The van der Waals surface area contributed by atoms with Crippen LogP contribution in [0.2, 0.25) is 0 Å². The van der Waals surface area contributed by atoms with Crippen LogP contribution in [0.25, 0.3) is 6.08 Å². The van der Waals surface area contributed by atoms with Crippen LogP contribution in [0, 0.1) is 0 Å². The van der Waals surface area contributed by atoms with Crippen LogP contribution in [0.1, 0.15) is 34.9 Å². The second-order valence-corrected chi connectivity index (χ2v) is 9.99. The number of anilines is 1. The van der Waals surface area contributed by atoms with Crippen molar-refractivity contribution in [2.45, 2.75) is 26.4 Å². The van der Waals surface area contributed by atoms with Crippen LogP contribution in [-0.2, 0) is 6.54 Å². The van der Waals surface area contributed by atoms with E-state index >= 15 is 0 Å². The molecule has 1 N–H and O–H groups in total. The molecular weight excluding hydrogens is 470 g/mol. The number of para-hydroxylation sites is 1. The maximum Gasteiger partial charge on any atom is 0.322 e. The summed E-state index contributed by atoms with van der Waals surface area (Å²) in [6, 6.07) is 19.5. The Morgan fingerprint density at radius 1 is 1.03 bits per heavy atom. The topological polar surface area (TPSA) is 68.8 Å². The van der Waals surface area contributed by atoms with Gasteiger partial charge in [0.2, 0.25) is 0 Å². The zero-order valence-electron chi connectivity index (χ0n) is 20.8. The van der Waals surface area contributed by atoms with Crippen LogP contribution in [0.3, 0.4) is 0 Å². The fraction of sp³-hybridized carbons (Fsp3) is 0.321. The lowest BCUT2D eigenvalue weighted by molar-refractivity contribution is 0.0645. The Morgan fingerprint density at radius 2 is 1.69 bits per heavy atom. The van der Waals surface area contributed by atoms with Crippen LogP contribution in [0.15, 0.2) is 72.1 Å². The van der Waals surface area contributed by atoms with Crippen LogP contribution >= 0.6 is 11.3 Å². The normalized spacial score (nSPS) is 14.4. The third kappa shape index (κ3) is 7.02. The van der Waals surface area contributed by atoms with Crippen LogP contribution in [0.5, 0.6) is 0 Å². The number of nitrogens with zero attached hydrogens (tertiary/aromatic N) is 4. The van der Waals surface area contributed by atoms with Crippen molar-refractivity contribution in [3.05, 3.63) is 88.4 Å². The molecule has 3 aromatic rings. The Morgan fingerprint density at radius 3 is 2.36 bits per heavy atom. The standard InChI is InChI=1S/C28H33N5O2S/c1-22(2)33(28(35)29-24-13-7-4-8-14-24)20-26-30-25(21-36-26)27(34)32-18-16-31(17-19-32)15-9-12-23-10-5-3-6-11-23/h3-14,21-22H,15-20H2,1-2H3,(H,29,35)/b12-9+. The highest BCUT2D eigenvalue weighted by molar-refractivity contribution is 7.09. The number of aromatic nitrogens is 1. The minimum Gasteiger partial charge on any atom is -0.335 e. The summed E-state index contributed by atoms with van der Waals surface area (Å²) < 4.78 is 0. The van der Waals surface area contributed by atoms with Gasteiger partial charge in [0.1, 0.15) is 10.7 Å². The van der Waals surface area contributed by atoms with Crippen molar-refractivity contribution in [1.82, 2.24) is 19.7 Å². The van der Waals surface area contributed by atoms with Crippen LogP contribution in [-0.4, -0.2) is 70.4 Å². The van der Waals surface area contributed by atoms with Gasteiger partial charge in [0, 0.05) is 49.8 Å². The summed E-state index contributed by atoms with van der Waals surface area (Å²) in [4.78, 5) is 36.4. The highest BCUT2D eigenvalue weighted by Gasteiger charge is 2.25. The quantitative estimate of drug-likeness (QED) is 0.467. The van der Waals surface area contributed by atoms with E-state index in [1.54, 1.807) is 10.3 Å². The molecule has 0 aliphatic carbocycles. The average molecular weight is 504 g/mol. The average Bonchev–Trinajstić information content (AvgIpc) is 3.37. The summed E-state index contributed by atoms with van der Waals surface area (Å²) in [6.45, 7) is 8.21. The maximum atomic E-state index is 13.1. The van der Waals surface area contributed by atoms with Crippen molar-refractivity contribution in [3.8, 4) is 0 Å². The Hall–Kier alpha value is -3.49. The summed E-state index contributed by atoms with van der Waals surface area (Å²) in [5.74, 6) is -0.0400. The maximum absolute atomic E-state index is 13.1. The first-order valence-corrected chi connectivity index (χ1v) is 13.2. The van der Waals surface area contributed by atoms with E-state index in [1.165, 1.54) is 16.9 Å². The Balaban J connectivity index is 1.28. The summed E-state index contributed by atoms with van der Waals surface area (Å²) in [7, 11) is 0. The number of rotatable bonds is 8. The van der Waals surface area contributed by atoms with Gasteiger partial charge in [-0.25, -0.2) is 9.78 Å². The molecule has 2 heterocycles. The van der Waals surface area contributed by atoms with Gasteiger partial charge in [-0.1, -0.05) is 60.7 Å². The molecule has 1 aliphatic heterocycles. The lowest BCUT2D eigenvalue weighted by Crippen LogP contribution is -2.48. The molecule has 2 aromatic carbocycles. The molecule has 0 radical (unpaired) electrons. The van der Waals surface area contributed by atoms with Gasteiger partial charge in [0.25, 0.3) is 5.91 Å². The van der Waals surface area contributed by atoms with Crippen molar-refractivity contribution in [1.29, 1.82) is 0 Å². The molecule has 1 aromatic heterocycles. The molecule has 8 heteroatoms. The van der Waals surface area contributed by atoms with Crippen molar-refractivity contribution >= 4 is 35.0 Å². The number of thiazole rings is 1. The van der Waals surface area contributed by atoms with E-state index in [-0.39, 0.29) is 18.0 Å². The van der Waals surface area contributed by atoms with Gasteiger partial charge >= 0.3 is 6.03 Å². The highest BCUT2D eigenvalue weighted by atomic mass is 32.1. The lowest BCUT2D eigenvalue weighted by Gasteiger charge is -2.33. The zero-order chi connectivity index (χ0) is 25.3. The van der Waals surface area contributed by atoms with Gasteiger partial charge in [0.05, 0.1) is 6.54 Å². The number of hydrogen-bond donors (Lipinski definition) is 1. The number of carbonyl (C=O) groups is 2. The minimum absolute atomic E-state index is 0.0132. The SMILES string of the molecule is CC(C)N(Cc1nc(C(=O)N2CCN(C/C=C/c3ccccc3)CC2)cs1)C(=O)Nc1ccccc1. The predicted octanol–water partition coefficient (Wildman–Crippen LogP) is 5.06. The molecule has 0 bridgehead atoms. The summed E-state index contributed by atoms with van der Waals surface area (Å²) in [6.07, 6.45) is 4.31. The monoisotopic (exact) mass is 503 g/mol. The van der Waals surface area contributed by atoms with Crippen LogP contribution < -0.4 is 5.32 Å². The van der Waals surface area contributed by atoms with E-state index in [0.29, 0.717) is 25.3 Å². The number of benzene rings is 2. The van der Waals surface area contributed by atoms with Crippen molar-refractivity contribution in [2.75, 3.05) is 38.0 Å². The molecule has 0 saturated carbocycles. The third-order valence-corrected chi connectivity index (χ3v) is 6.95. The molecule has 36 heavy (non-hydrogen) atoms. The number of nitrogens with one attached hydrogen (secondary N) is 1. The molecule has 0 spiro atoms. The van der Waals surface area contributed by atoms with E-state index in [4.69, 9.17) is 0 Å². The minimum atomic E-state index is -0.184. The van der Waals surface area contributed by atoms with Gasteiger partial charge in [-0.05, 0) is 31.5 Å². The fourth-order valence-corrected chi connectivity index (χ4v) is 4.80. The largest absolute Gasteiger partial charge is 0.335 e. The first kappa shape index (κ1) is 25.6. The number of piperazine rings is 1. The van der Waals surface area contributed by atoms with E-state index in [1.807, 2.05) is 67.3 Å². The Kier molecular flexibility index (Phi) is 8.86. The van der Waals surface area contributed by atoms with Crippen molar-refractivity contribution in [2.24, 2.45) is 0 Å². The van der Waals surface area contributed by atoms with E-state index < -0.39 is 0 Å². The molecule has 188 valence electrons. The summed E-state index contributed by atoms with van der Waals surface area (Å²) in [5, 5.41) is 5.49. The molecule has 0 unspecified atom stereocenters.